The molecule has 0 spiro atoms. The molecule has 0 aromatic heterocycles. The number of amides is 2. The van der Waals surface area contributed by atoms with Crippen LogP contribution in [-0.2, 0) is 16.0 Å². The highest BCUT2D eigenvalue weighted by atomic mass is 16.5. The summed E-state index contributed by atoms with van der Waals surface area (Å²) >= 11 is 0. The highest BCUT2D eigenvalue weighted by Crippen LogP contribution is 2.45. The number of nitrogens with zero attached hydrogens (tertiary/aromatic N) is 1. The van der Waals surface area contributed by atoms with Crippen LogP contribution in [0.25, 0.3) is 0 Å². The molecular formula is C24H31NO4. The molecule has 5 nitrogen and oxygen atoms in total. The number of allylic oxidation sites excluding steroid dienone is 4. The number of fused-ring (bicyclic) bond motifs is 1. The first-order valence-electron chi connectivity index (χ1n) is 10.2. The van der Waals surface area contributed by atoms with Gasteiger partial charge in [-0.3, -0.25) is 14.5 Å². The number of methoxy groups -OCH3 is 2. The van der Waals surface area contributed by atoms with Crippen molar-refractivity contribution in [1.82, 2.24) is 4.90 Å². The highest BCUT2D eigenvalue weighted by Gasteiger charge is 2.53. The Bertz CT molecular complexity index is 866. The van der Waals surface area contributed by atoms with Gasteiger partial charge in [0.1, 0.15) is 0 Å². The van der Waals surface area contributed by atoms with Crippen molar-refractivity contribution in [2.45, 2.75) is 34.1 Å². The van der Waals surface area contributed by atoms with Gasteiger partial charge in [0.2, 0.25) is 11.8 Å². The molecule has 0 unspecified atom stereocenters. The average molecular weight is 398 g/mol. The van der Waals surface area contributed by atoms with Crippen LogP contribution in [0.5, 0.6) is 11.5 Å². The molecule has 2 aliphatic rings. The second-order valence-electron chi connectivity index (χ2n) is 8.34. The molecule has 0 radical (unpaired) electrons. The van der Waals surface area contributed by atoms with E-state index in [2.05, 4.69) is 26.0 Å². The lowest BCUT2D eigenvalue weighted by molar-refractivity contribution is -0.140. The Balaban J connectivity index is 1.81. The van der Waals surface area contributed by atoms with Crippen molar-refractivity contribution in [1.29, 1.82) is 0 Å². The van der Waals surface area contributed by atoms with E-state index in [1.165, 1.54) is 10.5 Å². The number of ether oxygens (including phenoxy) is 2. The first kappa shape index (κ1) is 21.2. The van der Waals surface area contributed by atoms with Crippen LogP contribution in [0.4, 0.5) is 0 Å². The maximum atomic E-state index is 13.2. The van der Waals surface area contributed by atoms with Crippen LogP contribution in [0, 0.1) is 23.7 Å². The van der Waals surface area contributed by atoms with Crippen molar-refractivity contribution in [2.24, 2.45) is 23.7 Å². The lowest BCUT2D eigenvalue weighted by Crippen LogP contribution is -2.34. The minimum atomic E-state index is -0.290. The number of imide groups is 1. The normalized spacial score (nSPS) is 26.1. The van der Waals surface area contributed by atoms with E-state index in [1.54, 1.807) is 14.2 Å². The molecule has 1 aromatic rings. The number of carbonyl (C=O) groups excluding carboxylic acids is 2. The minimum Gasteiger partial charge on any atom is -0.493 e. The van der Waals surface area contributed by atoms with Crippen LogP contribution in [0.1, 0.15) is 33.3 Å². The Morgan fingerprint density at radius 2 is 1.72 bits per heavy atom. The predicted molar refractivity (Wildman–Crippen MR) is 113 cm³/mol. The molecule has 5 heteroatoms. The van der Waals surface area contributed by atoms with E-state index < -0.39 is 0 Å². The molecule has 0 N–H and O–H groups in total. The molecule has 2 amide bonds. The summed E-state index contributed by atoms with van der Waals surface area (Å²) in [4.78, 5) is 27.9. The standard InChI is InChI=1S/C24H31NO4/c1-14(2)11-18-12-15(3)16(4)21-22(18)24(27)25(23(21)26)10-9-17-7-8-19(28-5)20(13-17)29-6/h7-8,11-13,16,18,21-22H,9-10H2,1-6H3/t16-,18+,21+,22+/m0/s1. The van der Waals surface area contributed by atoms with Gasteiger partial charge in [-0.25, -0.2) is 0 Å². The molecule has 1 aliphatic heterocycles. The topological polar surface area (TPSA) is 55.8 Å². The van der Waals surface area contributed by atoms with Crippen molar-refractivity contribution >= 4 is 11.8 Å². The molecule has 1 aromatic carbocycles. The summed E-state index contributed by atoms with van der Waals surface area (Å²) in [5, 5.41) is 0. The fourth-order valence-electron chi connectivity index (χ4n) is 4.58. The fraction of sp³-hybridized carbons (Fsp3) is 0.500. The Kier molecular flexibility index (Phi) is 6.15. The number of hydrogen-bond acceptors (Lipinski definition) is 4. The Morgan fingerprint density at radius 1 is 1.07 bits per heavy atom. The van der Waals surface area contributed by atoms with E-state index in [1.807, 2.05) is 32.0 Å². The third-order valence-electron chi connectivity index (χ3n) is 6.21. The molecular weight excluding hydrogens is 366 g/mol. The van der Waals surface area contributed by atoms with Gasteiger partial charge in [0.25, 0.3) is 0 Å². The summed E-state index contributed by atoms with van der Waals surface area (Å²) in [7, 11) is 3.20. The zero-order chi connectivity index (χ0) is 21.3. The monoisotopic (exact) mass is 397 g/mol. The predicted octanol–water partition coefficient (Wildman–Crippen LogP) is 4.03. The average Bonchev–Trinajstić information content (AvgIpc) is 2.94. The van der Waals surface area contributed by atoms with E-state index in [0.717, 1.165) is 11.1 Å². The van der Waals surface area contributed by atoms with Crippen LogP contribution in [0.3, 0.4) is 0 Å². The van der Waals surface area contributed by atoms with Gasteiger partial charge in [-0.05, 0) is 50.8 Å². The van der Waals surface area contributed by atoms with Crippen molar-refractivity contribution in [3.05, 3.63) is 47.1 Å². The lowest BCUT2D eigenvalue weighted by Gasteiger charge is -2.32. The maximum absolute atomic E-state index is 13.2. The van der Waals surface area contributed by atoms with Crippen molar-refractivity contribution in [3.8, 4) is 11.5 Å². The van der Waals surface area contributed by atoms with Gasteiger partial charge in [-0.1, -0.05) is 36.3 Å². The summed E-state index contributed by atoms with van der Waals surface area (Å²) in [6.07, 6.45) is 4.88. The van der Waals surface area contributed by atoms with Crippen molar-refractivity contribution in [2.75, 3.05) is 20.8 Å². The second kappa shape index (κ2) is 8.44. The second-order valence-corrected chi connectivity index (χ2v) is 8.34. The number of likely N-dealkylation sites (tertiary alicyclic amines) is 1. The first-order chi connectivity index (χ1) is 13.8. The van der Waals surface area contributed by atoms with Gasteiger partial charge in [0.05, 0.1) is 26.1 Å². The molecule has 156 valence electrons. The largest absolute Gasteiger partial charge is 0.493 e. The van der Waals surface area contributed by atoms with Crippen LogP contribution in [0.2, 0.25) is 0 Å². The summed E-state index contributed by atoms with van der Waals surface area (Å²) in [5.74, 6) is 0.754. The molecule has 3 rings (SSSR count). The van der Waals surface area contributed by atoms with Gasteiger partial charge in [-0.15, -0.1) is 0 Å². The summed E-state index contributed by atoms with van der Waals surface area (Å²) in [6, 6.07) is 5.69. The SMILES string of the molecule is COc1ccc(CCN2C(=O)[C@@H]3[C@H](C=C(C)C)C=C(C)[C@H](C)[C@H]3C2=O)cc1OC. The summed E-state index contributed by atoms with van der Waals surface area (Å²) < 4.78 is 10.6. The van der Waals surface area contributed by atoms with Crippen LogP contribution in [-0.4, -0.2) is 37.5 Å². The maximum Gasteiger partial charge on any atom is 0.234 e. The Morgan fingerprint density at radius 3 is 2.34 bits per heavy atom. The first-order valence-corrected chi connectivity index (χ1v) is 10.2. The molecule has 1 saturated heterocycles. The zero-order valence-corrected chi connectivity index (χ0v) is 18.2. The number of benzene rings is 1. The summed E-state index contributed by atoms with van der Waals surface area (Å²) in [6.45, 7) is 8.58. The van der Waals surface area contributed by atoms with Gasteiger partial charge < -0.3 is 9.47 Å². The van der Waals surface area contributed by atoms with Gasteiger partial charge in [0, 0.05) is 12.5 Å². The number of carbonyl (C=O) groups is 2. The number of rotatable bonds is 6. The molecule has 1 aliphatic carbocycles. The quantitative estimate of drug-likeness (QED) is 0.537. The molecule has 4 atom stereocenters. The van der Waals surface area contributed by atoms with Gasteiger partial charge in [0.15, 0.2) is 11.5 Å². The third-order valence-corrected chi connectivity index (χ3v) is 6.21. The molecule has 1 heterocycles. The van der Waals surface area contributed by atoms with E-state index in [4.69, 9.17) is 9.47 Å². The zero-order valence-electron chi connectivity index (χ0n) is 18.2. The fourth-order valence-corrected chi connectivity index (χ4v) is 4.58. The van der Waals surface area contributed by atoms with Crippen LogP contribution >= 0.6 is 0 Å². The summed E-state index contributed by atoms with van der Waals surface area (Å²) in [5.41, 5.74) is 3.36. The molecule has 29 heavy (non-hydrogen) atoms. The Hall–Kier alpha value is -2.56. The molecule has 1 fully saturated rings. The molecule has 0 bridgehead atoms. The van der Waals surface area contributed by atoms with Crippen LogP contribution < -0.4 is 9.47 Å². The van der Waals surface area contributed by atoms with Gasteiger partial charge >= 0.3 is 0 Å². The van der Waals surface area contributed by atoms with E-state index in [-0.39, 0.29) is 35.5 Å². The van der Waals surface area contributed by atoms with Gasteiger partial charge in [-0.2, -0.15) is 0 Å². The van der Waals surface area contributed by atoms with Crippen molar-refractivity contribution < 1.29 is 19.1 Å². The van der Waals surface area contributed by atoms with Crippen molar-refractivity contribution in [3.63, 3.8) is 0 Å². The third kappa shape index (κ3) is 3.96. The van der Waals surface area contributed by atoms with E-state index in [9.17, 15) is 9.59 Å². The van der Waals surface area contributed by atoms with Crippen LogP contribution in [0.15, 0.2) is 41.5 Å². The van der Waals surface area contributed by atoms with E-state index >= 15 is 0 Å². The highest BCUT2D eigenvalue weighted by molar-refractivity contribution is 6.06. The smallest absolute Gasteiger partial charge is 0.234 e. The number of hydrogen-bond donors (Lipinski definition) is 0. The Labute approximate surface area is 173 Å². The minimum absolute atomic E-state index is 0.0104. The van der Waals surface area contributed by atoms with E-state index in [0.29, 0.717) is 24.5 Å². The lowest BCUT2D eigenvalue weighted by atomic mass is 9.69. The molecule has 0 saturated carbocycles.